The van der Waals surface area contributed by atoms with Crippen LogP contribution in [0, 0.1) is 0 Å². The molecule has 0 spiro atoms. The van der Waals surface area contributed by atoms with Crippen LogP contribution in [0.4, 0.5) is 0 Å². The first-order valence-corrected chi connectivity index (χ1v) is 9.70. The minimum atomic E-state index is -0.529. The molecule has 0 atom stereocenters. The molecule has 1 aliphatic rings. The number of ether oxygens (including phenoxy) is 1. The number of rotatable bonds is 8. The smallest absolute Gasteiger partial charge is 0.258 e. The van der Waals surface area contributed by atoms with E-state index in [9.17, 15) is 9.59 Å². The van der Waals surface area contributed by atoms with Gasteiger partial charge in [-0.05, 0) is 55.3 Å². The third-order valence-electron chi connectivity index (χ3n) is 4.86. The molecule has 148 valence electrons. The second kappa shape index (κ2) is 9.90. The summed E-state index contributed by atoms with van der Waals surface area (Å²) in [7, 11) is 0. The van der Waals surface area contributed by atoms with Gasteiger partial charge in [-0.15, -0.1) is 0 Å². The zero-order valence-corrected chi connectivity index (χ0v) is 16.0. The molecule has 0 radical (unpaired) electrons. The molecule has 2 amide bonds. The van der Waals surface area contributed by atoms with Crippen molar-refractivity contribution in [2.45, 2.75) is 32.4 Å². The second-order valence-corrected chi connectivity index (χ2v) is 7.11. The maximum atomic E-state index is 12.0. The molecule has 28 heavy (non-hydrogen) atoms. The molecule has 0 bridgehead atoms. The molecule has 6 nitrogen and oxygen atoms in total. The molecule has 1 heterocycles. The summed E-state index contributed by atoms with van der Waals surface area (Å²) in [5.74, 6) is -0.311. The molecule has 1 fully saturated rings. The van der Waals surface area contributed by atoms with Gasteiger partial charge in [0.15, 0.2) is 6.61 Å². The highest BCUT2D eigenvalue weighted by atomic mass is 16.5. The van der Waals surface area contributed by atoms with Crippen LogP contribution < -0.4 is 15.8 Å². The number of nitrogens with one attached hydrogen (secondary N) is 1. The van der Waals surface area contributed by atoms with E-state index in [4.69, 9.17) is 10.5 Å². The summed E-state index contributed by atoms with van der Waals surface area (Å²) >= 11 is 0. The fourth-order valence-electron chi connectivity index (χ4n) is 3.28. The van der Waals surface area contributed by atoms with E-state index in [0.29, 0.717) is 17.9 Å². The van der Waals surface area contributed by atoms with E-state index in [-0.39, 0.29) is 12.5 Å². The third kappa shape index (κ3) is 6.09. The Kier molecular flexibility index (Phi) is 7.03. The Hall–Kier alpha value is -2.86. The average molecular weight is 381 g/mol. The van der Waals surface area contributed by atoms with Gasteiger partial charge in [0.25, 0.3) is 5.91 Å². The molecule has 3 rings (SSSR count). The Morgan fingerprint density at radius 1 is 1.00 bits per heavy atom. The lowest BCUT2D eigenvalue weighted by molar-refractivity contribution is -0.123. The number of nitrogens with zero attached hydrogens (tertiary/aromatic N) is 1. The van der Waals surface area contributed by atoms with Crippen LogP contribution in [-0.4, -0.2) is 36.4 Å². The van der Waals surface area contributed by atoms with E-state index in [2.05, 4.69) is 34.5 Å². The van der Waals surface area contributed by atoms with Gasteiger partial charge in [-0.25, -0.2) is 0 Å². The summed E-state index contributed by atoms with van der Waals surface area (Å²) in [6.07, 6.45) is 3.92. The molecule has 0 saturated carbocycles. The van der Waals surface area contributed by atoms with Crippen LogP contribution in [-0.2, 0) is 17.9 Å². The Balaban J connectivity index is 1.41. The molecule has 0 aromatic heterocycles. The van der Waals surface area contributed by atoms with Gasteiger partial charge in [0.05, 0.1) is 0 Å². The summed E-state index contributed by atoms with van der Waals surface area (Å²) in [6, 6.07) is 14.8. The number of nitrogens with two attached hydrogens (primary N) is 1. The highest BCUT2D eigenvalue weighted by Crippen LogP contribution is 2.14. The van der Waals surface area contributed by atoms with Crippen molar-refractivity contribution in [1.82, 2.24) is 10.2 Å². The highest BCUT2D eigenvalue weighted by Gasteiger charge is 2.10. The molecule has 6 heteroatoms. The van der Waals surface area contributed by atoms with Crippen LogP contribution in [0.3, 0.4) is 0 Å². The molecular weight excluding hydrogens is 354 g/mol. The number of primary amides is 1. The van der Waals surface area contributed by atoms with E-state index in [0.717, 1.165) is 12.1 Å². The third-order valence-corrected chi connectivity index (χ3v) is 4.86. The van der Waals surface area contributed by atoms with Crippen molar-refractivity contribution in [2.24, 2.45) is 5.73 Å². The van der Waals surface area contributed by atoms with Crippen molar-refractivity contribution in [3.05, 3.63) is 65.2 Å². The zero-order valence-electron chi connectivity index (χ0n) is 16.0. The van der Waals surface area contributed by atoms with E-state index in [1.807, 2.05) is 0 Å². The largest absolute Gasteiger partial charge is 0.484 e. The predicted molar refractivity (Wildman–Crippen MR) is 108 cm³/mol. The first-order valence-electron chi connectivity index (χ1n) is 9.70. The lowest BCUT2D eigenvalue weighted by atomic mass is 10.1. The number of hydrogen-bond acceptors (Lipinski definition) is 4. The fourth-order valence-corrected chi connectivity index (χ4v) is 3.28. The minimum Gasteiger partial charge on any atom is -0.484 e. The van der Waals surface area contributed by atoms with Gasteiger partial charge < -0.3 is 15.8 Å². The maximum Gasteiger partial charge on any atom is 0.258 e. The molecular formula is C22H27N3O3. The van der Waals surface area contributed by atoms with Crippen molar-refractivity contribution < 1.29 is 14.3 Å². The van der Waals surface area contributed by atoms with Crippen LogP contribution in [0.25, 0.3) is 0 Å². The van der Waals surface area contributed by atoms with Crippen LogP contribution >= 0.6 is 0 Å². The Bertz CT molecular complexity index is 799. The fraction of sp³-hybridized carbons (Fsp3) is 0.364. The SMILES string of the molecule is NC(=O)c1cccc(OCC(=O)NCc2ccc(CN3CCCCC3)cc2)c1. The zero-order chi connectivity index (χ0) is 19.8. The van der Waals surface area contributed by atoms with Gasteiger partial charge in [0, 0.05) is 18.7 Å². The van der Waals surface area contributed by atoms with Crippen molar-refractivity contribution in [1.29, 1.82) is 0 Å². The molecule has 1 aliphatic heterocycles. The Labute approximate surface area is 165 Å². The summed E-state index contributed by atoms with van der Waals surface area (Å²) in [6.45, 7) is 3.69. The topological polar surface area (TPSA) is 84.7 Å². The molecule has 0 aliphatic carbocycles. The second-order valence-electron chi connectivity index (χ2n) is 7.11. The van der Waals surface area contributed by atoms with Gasteiger partial charge in [-0.3, -0.25) is 14.5 Å². The van der Waals surface area contributed by atoms with Crippen LogP contribution in [0.5, 0.6) is 5.75 Å². The van der Waals surface area contributed by atoms with E-state index in [1.54, 1.807) is 18.2 Å². The molecule has 1 saturated heterocycles. The number of piperidine rings is 1. The van der Waals surface area contributed by atoms with Gasteiger partial charge >= 0.3 is 0 Å². The van der Waals surface area contributed by atoms with Gasteiger partial charge in [0.2, 0.25) is 5.91 Å². The number of carbonyl (C=O) groups excluding carboxylic acids is 2. The van der Waals surface area contributed by atoms with E-state index in [1.165, 1.54) is 44.0 Å². The first kappa shape index (κ1) is 19.9. The summed E-state index contributed by atoms with van der Waals surface area (Å²) in [5.41, 5.74) is 7.94. The lowest BCUT2D eigenvalue weighted by Gasteiger charge is -2.26. The first-order chi connectivity index (χ1) is 13.6. The summed E-state index contributed by atoms with van der Waals surface area (Å²) in [4.78, 5) is 25.7. The number of amides is 2. The summed E-state index contributed by atoms with van der Waals surface area (Å²) in [5, 5.41) is 2.84. The molecule has 0 unspecified atom stereocenters. The average Bonchev–Trinajstić information content (AvgIpc) is 2.73. The van der Waals surface area contributed by atoms with Crippen molar-refractivity contribution in [3.8, 4) is 5.75 Å². The number of hydrogen-bond donors (Lipinski definition) is 2. The molecule has 2 aromatic carbocycles. The van der Waals surface area contributed by atoms with Crippen LogP contribution in [0.15, 0.2) is 48.5 Å². The minimum absolute atomic E-state index is 0.116. The highest BCUT2D eigenvalue weighted by molar-refractivity contribution is 5.93. The van der Waals surface area contributed by atoms with Gasteiger partial charge in [0.1, 0.15) is 5.75 Å². The van der Waals surface area contributed by atoms with Gasteiger partial charge in [-0.1, -0.05) is 36.8 Å². The van der Waals surface area contributed by atoms with Crippen LogP contribution in [0.1, 0.15) is 40.7 Å². The van der Waals surface area contributed by atoms with Crippen molar-refractivity contribution >= 4 is 11.8 Å². The predicted octanol–water partition coefficient (Wildman–Crippen LogP) is 2.47. The standard InChI is InChI=1S/C22H27N3O3/c23-22(27)19-5-4-6-20(13-19)28-16-21(26)24-14-17-7-9-18(10-8-17)15-25-11-2-1-3-12-25/h4-10,13H,1-3,11-12,14-16H2,(H2,23,27)(H,24,26). The number of carbonyl (C=O) groups is 2. The lowest BCUT2D eigenvalue weighted by Crippen LogP contribution is -2.29. The van der Waals surface area contributed by atoms with Crippen molar-refractivity contribution in [2.75, 3.05) is 19.7 Å². The number of likely N-dealkylation sites (tertiary alicyclic amines) is 1. The van der Waals surface area contributed by atoms with Gasteiger partial charge in [-0.2, -0.15) is 0 Å². The monoisotopic (exact) mass is 381 g/mol. The van der Waals surface area contributed by atoms with Crippen LogP contribution in [0.2, 0.25) is 0 Å². The molecule has 3 N–H and O–H groups in total. The quantitative estimate of drug-likeness (QED) is 0.736. The molecule has 2 aromatic rings. The Morgan fingerprint density at radius 2 is 1.71 bits per heavy atom. The van der Waals surface area contributed by atoms with E-state index >= 15 is 0 Å². The summed E-state index contributed by atoms with van der Waals surface area (Å²) < 4.78 is 5.43. The Morgan fingerprint density at radius 3 is 2.43 bits per heavy atom. The van der Waals surface area contributed by atoms with Crippen molar-refractivity contribution in [3.63, 3.8) is 0 Å². The van der Waals surface area contributed by atoms with E-state index < -0.39 is 5.91 Å². The maximum absolute atomic E-state index is 12.0. The number of benzene rings is 2. The normalized spacial score (nSPS) is 14.4.